The van der Waals surface area contributed by atoms with Crippen molar-refractivity contribution in [3.05, 3.63) is 48.5 Å². The lowest BCUT2D eigenvalue weighted by molar-refractivity contribution is 0.0792. The molecule has 1 atom stereocenters. The molecule has 1 aromatic heterocycles. The highest BCUT2D eigenvalue weighted by Crippen LogP contribution is 2.23. The van der Waals surface area contributed by atoms with Crippen molar-refractivity contribution >= 4 is 28.3 Å². The van der Waals surface area contributed by atoms with Gasteiger partial charge in [0, 0.05) is 11.1 Å². The van der Waals surface area contributed by atoms with Crippen molar-refractivity contribution in [2.75, 3.05) is 18.1 Å². The van der Waals surface area contributed by atoms with Crippen molar-refractivity contribution in [2.45, 2.75) is 6.92 Å². The number of hydrogen-bond acceptors (Lipinski definition) is 5. The third kappa shape index (κ3) is 2.96. The van der Waals surface area contributed by atoms with E-state index >= 15 is 0 Å². The number of carbonyl (C=O) groups excluding carboxylic acids is 1. The molecule has 0 unspecified atom stereocenters. The van der Waals surface area contributed by atoms with Gasteiger partial charge in [0.1, 0.15) is 5.75 Å². The van der Waals surface area contributed by atoms with E-state index < -0.39 is 0 Å². The van der Waals surface area contributed by atoms with Crippen LogP contribution in [0, 0.1) is 5.92 Å². The zero-order chi connectivity index (χ0) is 16.4. The number of ether oxygens (including phenoxy) is 1. The molecular formula is C17H18N4O2. The van der Waals surface area contributed by atoms with Gasteiger partial charge >= 0.3 is 0 Å². The number of hydrogen-bond donors (Lipinski definition) is 2. The Hall–Kier alpha value is -3.02. The monoisotopic (exact) mass is 310 g/mol. The summed E-state index contributed by atoms with van der Waals surface area (Å²) in [4.78, 5) is 12.6. The first kappa shape index (κ1) is 14.9. The molecule has 118 valence electrons. The fourth-order valence-corrected chi connectivity index (χ4v) is 2.34. The number of anilines is 2. The van der Waals surface area contributed by atoms with E-state index in [0.29, 0.717) is 22.4 Å². The molecule has 3 rings (SSSR count). The molecule has 3 aromatic rings. The summed E-state index contributed by atoms with van der Waals surface area (Å²) in [6.45, 7) is 2.05. The van der Waals surface area contributed by atoms with Crippen molar-refractivity contribution in [2.24, 2.45) is 5.92 Å². The SMILES string of the molecule is C[C@@H](COc1ccccc1)C(=O)n1nc(N)c2ccc(N)cc21. The average molecular weight is 310 g/mol. The second kappa shape index (κ2) is 6.00. The summed E-state index contributed by atoms with van der Waals surface area (Å²) >= 11 is 0. The summed E-state index contributed by atoms with van der Waals surface area (Å²) in [5.41, 5.74) is 12.8. The van der Waals surface area contributed by atoms with Gasteiger partial charge in [0.25, 0.3) is 5.91 Å². The summed E-state index contributed by atoms with van der Waals surface area (Å²) in [6, 6.07) is 14.6. The predicted molar refractivity (Wildman–Crippen MR) is 90.3 cm³/mol. The standard InChI is InChI=1S/C17H18N4O2/c1-11(10-23-13-5-3-2-4-6-13)17(22)21-15-9-12(18)7-8-14(15)16(19)20-21/h2-9,11H,10,18H2,1H3,(H2,19,20)/t11-/m0/s1. The molecule has 0 radical (unpaired) electrons. The molecule has 0 aliphatic rings. The van der Waals surface area contributed by atoms with Gasteiger partial charge in [-0.25, -0.2) is 0 Å². The largest absolute Gasteiger partial charge is 0.493 e. The molecule has 0 spiro atoms. The summed E-state index contributed by atoms with van der Waals surface area (Å²) < 4.78 is 6.94. The fraction of sp³-hybridized carbons (Fsp3) is 0.176. The highest BCUT2D eigenvalue weighted by Gasteiger charge is 2.20. The molecule has 6 heteroatoms. The first-order valence-corrected chi connectivity index (χ1v) is 7.32. The van der Waals surface area contributed by atoms with Gasteiger partial charge < -0.3 is 16.2 Å². The summed E-state index contributed by atoms with van der Waals surface area (Å²) in [5.74, 6) is 0.470. The topological polar surface area (TPSA) is 96.2 Å². The molecule has 0 saturated carbocycles. The average Bonchev–Trinajstić information content (AvgIpc) is 2.89. The number of nitrogens with zero attached hydrogens (tertiary/aromatic N) is 2. The highest BCUT2D eigenvalue weighted by molar-refractivity contribution is 5.98. The minimum Gasteiger partial charge on any atom is -0.493 e. The van der Waals surface area contributed by atoms with Gasteiger partial charge in [-0.05, 0) is 30.3 Å². The third-order valence-electron chi connectivity index (χ3n) is 3.61. The van der Waals surface area contributed by atoms with Crippen LogP contribution in [0.1, 0.15) is 11.7 Å². The van der Waals surface area contributed by atoms with Gasteiger partial charge in [-0.15, -0.1) is 5.10 Å². The molecule has 2 aromatic carbocycles. The van der Waals surface area contributed by atoms with E-state index in [1.54, 1.807) is 25.1 Å². The number of nitrogen functional groups attached to an aromatic ring is 2. The van der Waals surface area contributed by atoms with Crippen LogP contribution in [-0.2, 0) is 0 Å². The first-order valence-electron chi connectivity index (χ1n) is 7.32. The smallest absolute Gasteiger partial charge is 0.253 e. The van der Waals surface area contributed by atoms with E-state index in [2.05, 4.69) is 5.10 Å². The lowest BCUT2D eigenvalue weighted by Gasteiger charge is -2.12. The van der Waals surface area contributed by atoms with Crippen molar-refractivity contribution in [1.82, 2.24) is 9.78 Å². The van der Waals surface area contributed by atoms with Crippen LogP contribution in [0.15, 0.2) is 48.5 Å². The second-order valence-electron chi connectivity index (χ2n) is 5.44. The minimum absolute atomic E-state index is 0.187. The molecule has 0 bridgehead atoms. The molecule has 0 saturated heterocycles. The Morgan fingerprint density at radius 1 is 1.22 bits per heavy atom. The quantitative estimate of drug-likeness (QED) is 0.722. The number of nitrogens with two attached hydrogens (primary N) is 2. The maximum atomic E-state index is 12.6. The zero-order valence-electron chi connectivity index (χ0n) is 12.8. The number of carbonyl (C=O) groups is 1. The van der Waals surface area contributed by atoms with Gasteiger partial charge in [0.2, 0.25) is 0 Å². The van der Waals surface area contributed by atoms with E-state index in [9.17, 15) is 4.79 Å². The van der Waals surface area contributed by atoms with Gasteiger partial charge in [-0.1, -0.05) is 25.1 Å². The van der Waals surface area contributed by atoms with Crippen LogP contribution in [-0.4, -0.2) is 22.3 Å². The molecule has 0 fully saturated rings. The van der Waals surface area contributed by atoms with E-state index in [0.717, 1.165) is 5.75 Å². The Bertz CT molecular complexity index is 842. The van der Waals surface area contributed by atoms with Crippen LogP contribution in [0.25, 0.3) is 10.9 Å². The number of para-hydroxylation sites is 1. The normalized spacial score (nSPS) is 12.2. The van der Waals surface area contributed by atoms with Gasteiger partial charge in [0.15, 0.2) is 5.82 Å². The fourth-order valence-electron chi connectivity index (χ4n) is 2.34. The van der Waals surface area contributed by atoms with Crippen LogP contribution in [0.2, 0.25) is 0 Å². The van der Waals surface area contributed by atoms with Crippen LogP contribution >= 0.6 is 0 Å². The van der Waals surface area contributed by atoms with E-state index in [1.165, 1.54) is 4.68 Å². The second-order valence-corrected chi connectivity index (χ2v) is 5.44. The molecule has 4 N–H and O–H groups in total. The minimum atomic E-state index is -0.376. The zero-order valence-corrected chi connectivity index (χ0v) is 12.8. The molecule has 6 nitrogen and oxygen atoms in total. The van der Waals surface area contributed by atoms with Gasteiger partial charge in [-0.2, -0.15) is 4.68 Å². The Morgan fingerprint density at radius 3 is 2.70 bits per heavy atom. The molecule has 0 aliphatic heterocycles. The number of fused-ring (bicyclic) bond motifs is 1. The van der Waals surface area contributed by atoms with E-state index in [-0.39, 0.29) is 18.4 Å². The number of rotatable bonds is 4. The summed E-state index contributed by atoms with van der Waals surface area (Å²) in [5, 5.41) is 4.85. The van der Waals surface area contributed by atoms with E-state index in [4.69, 9.17) is 16.2 Å². The van der Waals surface area contributed by atoms with Crippen LogP contribution in [0.3, 0.4) is 0 Å². The summed E-state index contributed by atoms with van der Waals surface area (Å²) in [6.07, 6.45) is 0. The van der Waals surface area contributed by atoms with Gasteiger partial charge in [0.05, 0.1) is 18.0 Å². The van der Waals surface area contributed by atoms with Crippen molar-refractivity contribution in [3.8, 4) is 5.75 Å². The van der Waals surface area contributed by atoms with E-state index in [1.807, 2.05) is 30.3 Å². The molecule has 0 amide bonds. The lowest BCUT2D eigenvalue weighted by Crippen LogP contribution is -2.25. The van der Waals surface area contributed by atoms with Crippen LogP contribution in [0.4, 0.5) is 11.5 Å². The maximum Gasteiger partial charge on any atom is 0.253 e. The molecular weight excluding hydrogens is 292 g/mol. The Kier molecular flexibility index (Phi) is 3.89. The molecule has 1 heterocycles. The third-order valence-corrected chi connectivity index (χ3v) is 3.61. The van der Waals surface area contributed by atoms with Crippen molar-refractivity contribution < 1.29 is 9.53 Å². The van der Waals surface area contributed by atoms with Crippen molar-refractivity contribution in [1.29, 1.82) is 0 Å². The Labute approximate surface area is 133 Å². The molecule has 23 heavy (non-hydrogen) atoms. The number of benzene rings is 2. The first-order chi connectivity index (χ1) is 11.1. The van der Waals surface area contributed by atoms with Gasteiger partial charge in [-0.3, -0.25) is 4.79 Å². The maximum absolute atomic E-state index is 12.6. The highest BCUT2D eigenvalue weighted by atomic mass is 16.5. The Morgan fingerprint density at radius 2 is 1.96 bits per heavy atom. The molecule has 0 aliphatic carbocycles. The summed E-state index contributed by atoms with van der Waals surface area (Å²) in [7, 11) is 0. The van der Waals surface area contributed by atoms with Crippen LogP contribution < -0.4 is 16.2 Å². The Balaban J connectivity index is 1.81. The lowest BCUT2D eigenvalue weighted by atomic mass is 10.1. The van der Waals surface area contributed by atoms with Crippen LogP contribution in [0.5, 0.6) is 5.75 Å². The predicted octanol–water partition coefficient (Wildman–Crippen LogP) is 2.56. The van der Waals surface area contributed by atoms with Crippen molar-refractivity contribution in [3.63, 3.8) is 0 Å². The number of aromatic nitrogens is 2.